The van der Waals surface area contributed by atoms with Crippen molar-refractivity contribution in [3.63, 3.8) is 0 Å². The molecular formula is C32H29F3N2O5. The molecular weight excluding hydrogens is 549 g/mol. The van der Waals surface area contributed by atoms with Crippen molar-refractivity contribution in [2.75, 3.05) is 17.7 Å². The van der Waals surface area contributed by atoms with Crippen molar-refractivity contribution in [1.29, 1.82) is 0 Å². The van der Waals surface area contributed by atoms with Gasteiger partial charge in [-0.05, 0) is 104 Å². The van der Waals surface area contributed by atoms with Gasteiger partial charge in [0.2, 0.25) is 0 Å². The van der Waals surface area contributed by atoms with E-state index < -0.39 is 18.0 Å². The molecule has 0 fully saturated rings. The lowest BCUT2D eigenvalue weighted by Crippen LogP contribution is -2.23. The Morgan fingerprint density at radius 2 is 1.21 bits per heavy atom. The number of phenols is 2. The summed E-state index contributed by atoms with van der Waals surface area (Å²) in [7, 11) is 1.49. The molecule has 4 aromatic rings. The number of anilines is 2. The van der Waals surface area contributed by atoms with Crippen LogP contribution in [0.3, 0.4) is 0 Å². The van der Waals surface area contributed by atoms with Gasteiger partial charge in [-0.1, -0.05) is 12.1 Å². The molecule has 0 heterocycles. The van der Waals surface area contributed by atoms with Gasteiger partial charge in [0.15, 0.2) is 5.78 Å². The molecule has 4 N–H and O–H groups in total. The molecule has 0 bridgehead atoms. The molecule has 0 aliphatic rings. The molecule has 1 amide bonds. The van der Waals surface area contributed by atoms with Crippen LogP contribution in [0.4, 0.5) is 24.5 Å². The lowest BCUT2D eigenvalue weighted by Gasteiger charge is -2.24. The van der Waals surface area contributed by atoms with E-state index in [1.54, 1.807) is 36.4 Å². The minimum atomic E-state index is -4.72. The predicted octanol–water partition coefficient (Wildman–Crippen LogP) is 7.70. The number of phenolic OH excluding ortho intramolecular Hbond substituents is 2. The number of halogens is 3. The zero-order chi connectivity index (χ0) is 30.8. The van der Waals surface area contributed by atoms with Crippen LogP contribution in [0, 0.1) is 13.8 Å². The summed E-state index contributed by atoms with van der Waals surface area (Å²) in [6, 6.07) is 17.4. The summed E-state index contributed by atoms with van der Waals surface area (Å²) < 4.78 is 49.1. The van der Waals surface area contributed by atoms with Gasteiger partial charge in [0, 0.05) is 18.2 Å². The maximum atomic E-state index is 14.4. The number of carbonyl (C=O) groups excluding carboxylic acids is 2. The predicted molar refractivity (Wildman–Crippen MR) is 154 cm³/mol. The smallest absolute Gasteiger partial charge is 0.399 e. The maximum absolute atomic E-state index is 14.4. The zero-order valence-corrected chi connectivity index (χ0v) is 23.3. The van der Waals surface area contributed by atoms with Crippen LogP contribution in [0.2, 0.25) is 0 Å². The van der Waals surface area contributed by atoms with Crippen molar-refractivity contribution in [3.05, 3.63) is 106 Å². The molecule has 1 atom stereocenters. The third kappa shape index (κ3) is 6.49. The molecule has 0 spiro atoms. The van der Waals surface area contributed by atoms with Gasteiger partial charge in [-0.15, -0.1) is 0 Å². The van der Waals surface area contributed by atoms with E-state index in [0.717, 1.165) is 6.07 Å². The average Bonchev–Trinajstić information content (AvgIpc) is 2.93. The third-order valence-electron chi connectivity index (χ3n) is 6.77. The van der Waals surface area contributed by atoms with Crippen molar-refractivity contribution in [1.82, 2.24) is 0 Å². The van der Waals surface area contributed by atoms with Crippen LogP contribution < -0.4 is 15.4 Å². The van der Waals surface area contributed by atoms with Crippen molar-refractivity contribution >= 4 is 23.1 Å². The second-order valence-electron chi connectivity index (χ2n) is 9.85. The molecule has 0 aliphatic carbocycles. The fourth-order valence-corrected chi connectivity index (χ4v) is 4.57. The molecule has 0 saturated carbocycles. The molecule has 0 aliphatic heterocycles. The lowest BCUT2D eigenvalue weighted by atomic mass is 9.87. The van der Waals surface area contributed by atoms with E-state index in [1.807, 2.05) is 0 Å². The standard InChI is InChI=1S/C32H29F3N2O5/c1-17-13-22(15-26(36-4)29(17)39)28(32(33,34)35)23-14-18(2)30(40)27(16-23)37-31(41)21-7-11-25(12-8-21)42-24-9-5-20(6-10-24)19(3)38/h5-16,28,36,39-40H,1-4H3,(H,37,41). The molecule has 7 nitrogen and oxygen atoms in total. The van der Waals surface area contributed by atoms with E-state index in [1.165, 1.54) is 58.2 Å². The number of carbonyl (C=O) groups is 2. The fraction of sp³-hybridized carbons (Fsp3) is 0.188. The van der Waals surface area contributed by atoms with Crippen LogP contribution in [0.5, 0.6) is 23.0 Å². The van der Waals surface area contributed by atoms with Crippen molar-refractivity contribution in [2.45, 2.75) is 32.9 Å². The highest BCUT2D eigenvalue weighted by atomic mass is 19.4. The zero-order valence-electron chi connectivity index (χ0n) is 23.3. The fourth-order valence-electron chi connectivity index (χ4n) is 4.57. The summed E-state index contributed by atoms with van der Waals surface area (Å²) in [6.07, 6.45) is -4.72. The molecule has 4 aromatic carbocycles. The van der Waals surface area contributed by atoms with Gasteiger partial charge in [-0.3, -0.25) is 9.59 Å². The quantitative estimate of drug-likeness (QED) is 0.126. The van der Waals surface area contributed by atoms with Crippen molar-refractivity contribution in [2.24, 2.45) is 0 Å². The van der Waals surface area contributed by atoms with Gasteiger partial charge in [-0.2, -0.15) is 13.2 Å². The molecule has 4 rings (SSSR count). The normalized spacial score (nSPS) is 12.0. The Balaban J connectivity index is 1.60. The number of benzene rings is 4. The number of ketones is 1. The number of aromatic hydroxyl groups is 2. The summed E-state index contributed by atoms with van der Waals surface area (Å²) in [6.45, 7) is 4.40. The number of aryl methyl sites for hydroxylation is 2. The highest BCUT2D eigenvalue weighted by molar-refractivity contribution is 6.05. The Morgan fingerprint density at radius 1 is 0.762 bits per heavy atom. The molecule has 10 heteroatoms. The van der Waals surface area contributed by atoms with Gasteiger partial charge in [0.05, 0.1) is 11.4 Å². The van der Waals surface area contributed by atoms with Crippen LogP contribution in [0.25, 0.3) is 0 Å². The van der Waals surface area contributed by atoms with E-state index in [4.69, 9.17) is 4.74 Å². The minimum Gasteiger partial charge on any atom is -0.506 e. The monoisotopic (exact) mass is 578 g/mol. The first-order chi connectivity index (χ1) is 19.8. The van der Waals surface area contributed by atoms with Gasteiger partial charge in [0.25, 0.3) is 5.91 Å². The third-order valence-corrected chi connectivity index (χ3v) is 6.77. The summed E-state index contributed by atoms with van der Waals surface area (Å²) in [5.74, 6) is -2.43. The SMILES string of the molecule is CNc1cc(C(c2cc(C)c(O)c(NC(=O)c3ccc(Oc4ccc(C(C)=O)cc4)cc3)c2)C(F)(F)F)cc(C)c1O. The first-order valence-electron chi connectivity index (χ1n) is 12.9. The van der Waals surface area contributed by atoms with Crippen LogP contribution in [-0.2, 0) is 0 Å². The number of ether oxygens (including phenoxy) is 1. The van der Waals surface area contributed by atoms with Crippen LogP contribution in [0.15, 0.2) is 72.8 Å². The highest BCUT2D eigenvalue weighted by Gasteiger charge is 2.43. The molecule has 0 radical (unpaired) electrons. The van der Waals surface area contributed by atoms with E-state index in [2.05, 4.69) is 10.6 Å². The van der Waals surface area contributed by atoms with E-state index in [9.17, 15) is 33.0 Å². The summed E-state index contributed by atoms with van der Waals surface area (Å²) in [4.78, 5) is 24.4. The minimum absolute atomic E-state index is 0.0732. The highest BCUT2D eigenvalue weighted by Crippen LogP contribution is 2.45. The number of rotatable bonds is 8. The molecule has 0 saturated heterocycles. The molecule has 218 valence electrons. The number of alkyl halides is 3. The van der Waals surface area contributed by atoms with Crippen LogP contribution in [0.1, 0.15) is 55.8 Å². The van der Waals surface area contributed by atoms with Crippen molar-refractivity contribution < 1.29 is 37.7 Å². The lowest BCUT2D eigenvalue weighted by molar-refractivity contribution is -0.141. The van der Waals surface area contributed by atoms with E-state index >= 15 is 0 Å². The van der Waals surface area contributed by atoms with Crippen LogP contribution in [-0.4, -0.2) is 35.1 Å². The number of Topliss-reactive ketones (excluding diaryl/α,β-unsaturated/α-hetero) is 1. The number of nitrogens with one attached hydrogen (secondary N) is 2. The Kier molecular flexibility index (Phi) is 8.46. The van der Waals surface area contributed by atoms with E-state index in [0.29, 0.717) is 17.1 Å². The molecule has 1 unspecified atom stereocenters. The topological polar surface area (TPSA) is 108 Å². The average molecular weight is 579 g/mol. The number of hydrogen-bond acceptors (Lipinski definition) is 6. The Bertz CT molecular complexity index is 1630. The summed E-state index contributed by atoms with van der Waals surface area (Å²) >= 11 is 0. The second kappa shape index (κ2) is 11.9. The largest absolute Gasteiger partial charge is 0.506 e. The maximum Gasteiger partial charge on any atom is 0.399 e. The van der Waals surface area contributed by atoms with Crippen LogP contribution >= 0.6 is 0 Å². The van der Waals surface area contributed by atoms with Gasteiger partial charge in [-0.25, -0.2) is 0 Å². The first kappa shape index (κ1) is 30.0. The molecule has 42 heavy (non-hydrogen) atoms. The Hall–Kier alpha value is -4.99. The summed E-state index contributed by atoms with van der Waals surface area (Å²) in [5, 5.41) is 26.0. The second-order valence-corrected chi connectivity index (χ2v) is 9.85. The first-order valence-corrected chi connectivity index (χ1v) is 12.9. The van der Waals surface area contributed by atoms with Gasteiger partial charge >= 0.3 is 6.18 Å². The Morgan fingerprint density at radius 3 is 1.67 bits per heavy atom. The molecule has 0 aromatic heterocycles. The number of hydrogen-bond donors (Lipinski definition) is 4. The Labute approximate surface area is 240 Å². The summed E-state index contributed by atoms with van der Waals surface area (Å²) in [5.41, 5.74) is 0.770. The van der Waals surface area contributed by atoms with Gasteiger partial charge < -0.3 is 25.6 Å². The van der Waals surface area contributed by atoms with Gasteiger partial charge in [0.1, 0.15) is 28.9 Å². The number of amides is 1. The van der Waals surface area contributed by atoms with E-state index in [-0.39, 0.29) is 56.5 Å². The van der Waals surface area contributed by atoms with Crippen molar-refractivity contribution in [3.8, 4) is 23.0 Å².